The molecule has 1 aromatic carbocycles. The summed E-state index contributed by atoms with van der Waals surface area (Å²) in [6.45, 7) is 5.67. The smallest absolute Gasteiger partial charge is 0.315 e. The lowest BCUT2D eigenvalue weighted by molar-refractivity contribution is 0.169. The molecule has 2 heterocycles. The molecule has 0 spiro atoms. The van der Waals surface area contributed by atoms with Crippen molar-refractivity contribution < 1.29 is 9.53 Å². The van der Waals surface area contributed by atoms with Crippen LogP contribution in [0.15, 0.2) is 18.2 Å². The summed E-state index contributed by atoms with van der Waals surface area (Å²) in [5.41, 5.74) is 0.952. The van der Waals surface area contributed by atoms with E-state index in [4.69, 9.17) is 16.3 Å². The second-order valence-electron chi connectivity index (χ2n) is 6.65. The molecule has 2 unspecified atom stereocenters. The third-order valence-electron chi connectivity index (χ3n) is 4.90. The minimum absolute atomic E-state index is 0.0576. The molecule has 1 saturated heterocycles. The highest BCUT2D eigenvalue weighted by Crippen LogP contribution is 2.37. The van der Waals surface area contributed by atoms with Crippen molar-refractivity contribution in [3.8, 4) is 5.75 Å². The number of hydrogen-bond acceptors (Lipinski definition) is 3. The predicted octanol–water partition coefficient (Wildman–Crippen LogP) is 3.34. The molecule has 0 aromatic heterocycles. The first-order valence-electron chi connectivity index (χ1n) is 8.85. The number of nitrogens with zero attached hydrogens (tertiary/aromatic N) is 1. The number of halogens is 1. The van der Waals surface area contributed by atoms with E-state index in [0.29, 0.717) is 30.0 Å². The minimum Gasteiger partial charge on any atom is -0.492 e. The van der Waals surface area contributed by atoms with Crippen molar-refractivity contribution in [1.29, 1.82) is 0 Å². The van der Waals surface area contributed by atoms with Crippen molar-refractivity contribution >= 4 is 17.6 Å². The second-order valence-corrected chi connectivity index (χ2v) is 7.06. The Morgan fingerprint density at radius 3 is 2.96 bits per heavy atom. The summed E-state index contributed by atoms with van der Waals surface area (Å²) in [6.07, 6.45) is 4.59. The second kappa shape index (κ2) is 8.08. The normalized spacial score (nSPS) is 22.2. The molecule has 5 nitrogen and oxygen atoms in total. The molecule has 0 radical (unpaired) electrons. The van der Waals surface area contributed by atoms with Crippen LogP contribution in [-0.4, -0.2) is 43.2 Å². The van der Waals surface area contributed by atoms with Crippen LogP contribution in [0.25, 0.3) is 0 Å². The van der Waals surface area contributed by atoms with Crippen molar-refractivity contribution in [2.45, 2.75) is 44.7 Å². The first-order valence-corrected chi connectivity index (χ1v) is 9.22. The molecule has 1 fully saturated rings. The number of para-hydroxylation sites is 1. The lowest BCUT2D eigenvalue weighted by atomic mass is 10.0. The van der Waals surface area contributed by atoms with Gasteiger partial charge in [-0.05, 0) is 38.9 Å². The molecule has 2 amide bonds. The van der Waals surface area contributed by atoms with Gasteiger partial charge in [0.05, 0.1) is 17.7 Å². The third-order valence-corrected chi connectivity index (χ3v) is 5.20. The molecule has 2 N–H and O–H groups in total. The van der Waals surface area contributed by atoms with Gasteiger partial charge in [0, 0.05) is 24.6 Å². The fourth-order valence-corrected chi connectivity index (χ4v) is 3.71. The number of benzene rings is 1. The molecule has 6 heteroatoms. The summed E-state index contributed by atoms with van der Waals surface area (Å²) >= 11 is 6.17. The van der Waals surface area contributed by atoms with Crippen LogP contribution in [0.3, 0.4) is 0 Å². The Morgan fingerprint density at radius 1 is 1.38 bits per heavy atom. The zero-order valence-electron chi connectivity index (χ0n) is 14.2. The summed E-state index contributed by atoms with van der Waals surface area (Å²) in [6, 6.07) is 5.84. The van der Waals surface area contributed by atoms with Crippen LogP contribution < -0.4 is 15.4 Å². The maximum atomic E-state index is 12.3. The zero-order chi connectivity index (χ0) is 16.9. The van der Waals surface area contributed by atoms with E-state index in [1.807, 2.05) is 18.2 Å². The van der Waals surface area contributed by atoms with E-state index in [-0.39, 0.29) is 12.1 Å². The van der Waals surface area contributed by atoms with Gasteiger partial charge in [0.2, 0.25) is 0 Å². The SMILES string of the molecule is CC(CNC(=O)NC1CCOc2c(Cl)cccc21)N1CCCCC1. The van der Waals surface area contributed by atoms with Crippen molar-refractivity contribution in [1.82, 2.24) is 15.5 Å². The first-order chi connectivity index (χ1) is 11.6. The van der Waals surface area contributed by atoms with E-state index < -0.39 is 0 Å². The van der Waals surface area contributed by atoms with Gasteiger partial charge >= 0.3 is 6.03 Å². The summed E-state index contributed by atoms with van der Waals surface area (Å²) in [4.78, 5) is 14.7. The number of ether oxygens (including phenoxy) is 1. The van der Waals surface area contributed by atoms with Gasteiger partial charge < -0.3 is 15.4 Å². The topological polar surface area (TPSA) is 53.6 Å². The van der Waals surface area contributed by atoms with Crippen molar-refractivity contribution in [2.75, 3.05) is 26.2 Å². The van der Waals surface area contributed by atoms with Gasteiger partial charge in [-0.1, -0.05) is 30.2 Å². The number of likely N-dealkylation sites (tertiary alicyclic amines) is 1. The minimum atomic E-state index is -0.128. The molecule has 0 bridgehead atoms. The number of amides is 2. The molecule has 2 atom stereocenters. The average Bonchev–Trinajstić information content (AvgIpc) is 2.61. The van der Waals surface area contributed by atoms with Crippen LogP contribution in [0.5, 0.6) is 5.75 Å². The maximum Gasteiger partial charge on any atom is 0.315 e. The Hall–Kier alpha value is -1.46. The fraction of sp³-hybridized carbons (Fsp3) is 0.611. The summed E-state index contributed by atoms with van der Waals surface area (Å²) < 4.78 is 5.63. The summed E-state index contributed by atoms with van der Waals surface area (Å²) in [5, 5.41) is 6.66. The van der Waals surface area contributed by atoms with Gasteiger partial charge in [-0.15, -0.1) is 0 Å². The number of carbonyl (C=O) groups is 1. The number of piperidine rings is 1. The van der Waals surface area contributed by atoms with E-state index >= 15 is 0 Å². The monoisotopic (exact) mass is 351 g/mol. The number of rotatable bonds is 4. The molecule has 2 aliphatic heterocycles. The Labute approximate surface area is 148 Å². The van der Waals surface area contributed by atoms with Crippen molar-refractivity contribution in [3.63, 3.8) is 0 Å². The molecule has 1 aromatic rings. The molecule has 2 aliphatic rings. The Kier molecular flexibility index (Phi) is 5.85. The molecular formula is C18H26ClN3O2. The largest absolute Gasteiger partial charge is 0.492 e. The quantitative estimate of drug-likeness (QED) is 0.874. The van der Waals surface area contributed by atoms with Gasteiger partial charge in [-0.3, -0.25) is 4.90 Å². The van der Waals surface area contributed by atoms with Crippen molar-refractivity contribution in [3.05, 3.63) is 28.8 Å². The molecule has 132 valence electrons. The van der Waals surface area contributed by atoms with Gasteiger partial charge in [-0.2, -0.15) is 0 Å². The maximum absolute atomic E-state index is 12.3. The lowest BCUT2D eigenvalue weighted by Gasteiger charge is -2.32. The molecular weight excluding hydrogens is 326 g/mol. The number of carbonyl (C=O) groups excluding carboxylic acids is 1. The van der Waals surface area contributed by atoms with E-state index in [0.717, 1.165) is 25.1 Å². The van der Waals surface area contributed by atoms with Crippen LogP contribution in [0.4, 0.5) is 4.79 Å². The molecule has 0 aliphatic carbocycles. The molecule has 24 heavy (non-hydrogen) atoms. The Morgan fingerprint density at radius 2 is 2.17 bits per heavy atom. The molecule has 3 rings (SSSR count). The Balaban J connectivity index is 1.51. The predicted molar refractivity (Wildman–Crippen MR) is 95.7 cm³/mol. The first kappa shape index (κ1) is 17.4. The van der Waals surface area contributed by atoms with Crippen LogP contribution in [0.1, 0.15) is 44.2 Å². The highest BCUT2D eigenvalue weighted by atomic mass is 35.5. The van der Waals surface area contributed by atoms with Crippen LogP contribution in [0, 0.1) is 0 Å². The zero-order valence-corrected chi connectivity index (χ0v) is 14.9. The van der Waals surface area contributed by atoms with Gasteiger partial charge in [-0.25, -0.2) is 4.79 Å². The summed E-state index contributed by atoms with van der Waals surface area (Å²) in [5.74, 6) is 0.692. The standard InChI is InChI=1S/C18H26ClN3O2/c1-13(22-9-3-2-4-10-22)12-20-18(23)21-16-8-11-24-17-14(16)6-5-7-15(17)19/h5-7,13,16H,2-4,8-12H2,1H3,(H2,20,21,23). The number of hydrogen-bond donors (Lipinski definition) is 2. The van der Waals surface area contributed by atoms with E-state index in [1.54, 1.807) is 0 Å². The van der Waals surface area contributed by atoms with Gasteiger partial charge in [0.1, 0.15) is 5.75 Å². The van der Waals surface area contributed by atoms with Gasteiger partial charge in [0.25, 0.3) is 0 Å². The van der Waals surface area contributed by atoms with E-state index in [1.165, 1.54) is 19.3 Å². The van der Waals surface area contributed by atoms with Gasteiger partial charge in [0.15, 0.2) is 0 Å². The number of urea groups is 1. The van der Waals surface area contributed by atoms with Crippen LogP contribution in [0.2, 0.25) is 5.02 Å². The Bertz CT molecular complexity index is 575. The van der Waals surface area contributed by atoms with Crippen LogP contribution in [-0.2, 0) is 0 Å². The van der Waals surface area contributed by atoms with Crippen LogP contribution >= 0.6 is 11.6 Å². The summed E-state index contributed by atoms with van der Waals surface area (Å²) in [7, 11) is 0. The third kappa shape index (κ3) is 4.14. The molecule has 0 saturated carbocycles. The highest BCUT2D eigenvalue weighted by molar-refractivity contribution is 6.32. The fourth-order valence-electron chi connectivity index (χ4n) is 3.47. The number of nitrogens with one attached hydrogen (secondary N) is 2. The number of fused-ring (bicyclic) bond motifs is 1. The van der Waals surface area contributed by atoms with Crippen molar-refractivity contribution in [2.24, 2.45) is 0 Å². The lowest BCUT2D eigenvalue weighted by Crippen LogP contribution is -2.47. The highest BCUT2D eigenvalue weighted by Gasteiger charge is 2.25. The van der Waals surface area contributed by atoms with E-state index in [2.05, 4.69) is 22.5 Å². The average molecular weight is 352 g/mol. The van der Waals surface area contributed by atoms with E-state index in [9.17, 15) is 4.79 Å².